The van der Waals surface area contributed by atoms with Gasteiger partial charge in [0.1, 0.15) is 17.4 Å². The van der Waals surface area contributed by atoms with Gasteiger partial charge in [-0.25, -0.2) is 4.39 Å². The SMILES string of the molecule is C[C@@H](NC(=O)CCOc1ccc(F)cc1)c1nnc2n1CCCCC2. The highest BCUT2D eigenvalue weighted by molar-refractivity contribution is 5.76. The zero-order valence-corrected chi connectivity index (χ0v) is 14.4. The minimum absolute atomic E-state index is 0.111. The fraction of sp³-hybridized carbons (Fsp3) is 0.500. The van der Waals surface area contributed by atoms with Gasteiger partial charge in [0.15, 0.2) is 5.82 Å². The largest absolute Gasteiger partial charge is 0.493 e. The van der Waals surface area contributed by atoms with Crippen molar-refractivity contribution in [2.75, 3.05) is 6.61 Å². The Morgan fingerprint density at radius 1 is 1.28 bits per heavy atom. The molecule has 2 heterocycles. The van der Waals surface area contributed by atoms with Gasteiger partial charge in [-0.1, -0.05) is 6.42 Å². The molecule has 1 aliphatic rings. The van der Waals surface area contributed by atoms with E-state index in [1.165, 1.54) is 18.6 Å². The maximum atomic E-state index is 12.8. The van der Waals surface area contributed by atoms with Gasteiger partial charge in [-0.3, -0.25) is 4.79 Å². The molecule has 1 aromatic heterocycles. The van der Waals surface area contributed by atoms with Crippen LogP contribution >= 0.6 is 0 Å². The third-order valence-corrected chi connectivity index (χ3v) is 4.31. The van der Waals surface area contributed by atoms with Crippen molar-refractivity contribution in [3.05, 3.63) is 41.7 Å². The number of hydrogen-bond acceptors (Lipinski definition) is 4. The fourth-order valence-corrected chi connectivity index (χ4v) is 3.00. The average Bonchev–Trinajstić information content (AvgIpc) is 2.85. The van der Waals surface area contributed by atoms with Gasteiger partial charge >= 0.3 is 0 Å². The van der Waals surface area contributed by atoms with Crippen LogP contribution in [0.5, 0.6) is 5.75 Å². The number of aromatic nitrogens is 3. The number of amides is 1. The molecule has 0 radical (unpaired) electrons. The lowest BCUT2D eigenvalue weighted by Gasteiger charge is -2.15. The first-order chi connectivity index (χ1) is 12.1. The first kappa shape index (κ1) is 17.4. The molecule has 1 amide bonds. The Bertz CT molecular complexity index is 714. The molecule has 0 bridgehead atoms. The van der Waals surface area contributed by atoms with E-state index in [1.54, 1.807) is 12.1 Å². The van der Waals surface area contributed by atoms with Gasteiger partial charge < -0.3 is 14.6 Å². The molecular formula is C18H23FN4O2. The van der Waals surface area contributed by atoms with Crippen molar-refractivity contribution < 1.29 is 13.9 Å². The minimum Gasteiger partial charge on any atom is -0.493 e. The normalized spacial score (nSPS) is 15.1. The van der Waals surface area contributed by atoms with Crippen LogP contribution < -0.4 is 10.1 Å². The van der Waals surface area contributed by atoms with Gasteiger partial charge in [0.2, 0.25) is 5.91 Å². The summed E-state index contributed by atoms with van der Waals surface area (Å²) in [6.45, 7) is 3.06. The Balaban J connectivity index is 1.49. The standard InChI is InChI=1S/C18H23FN4O2/c1-13(18-22-21-16-5-3-2-4-11-23(16)18)20-17(24)10-12-25-15-8-6-14(19)7-9-15/h6-9,13H,2-5,10-12H2,1H3,(H,20,24)/t13-/m1/s1. The lowest BCUT2D eigenvalue weighted by molar-refractivity contribution is -0.122. The highest BCUT2D eigenvalue weighted by atomic mass is 19.1. The zero-order chi connectivity index (χ0) is 17.6. The number of nitrogens with one attached hydrogen (secondary N) is 1. The number of halogens is 1. The molecule has 0 spiro atoms. The molecule has 25 heavy (non-hydrogen) atoms. The monoisotopic (exact) mass is 346 g/mol. The second-order valence-corrected chi connectivity index (χ2v) is 6.28. The number of aryl methyl sites for hydroxylation is 1. The first-order valence-corrected chi connectivity index (χ1v) is 8.73. The second kappa shape index (κ2) is 8.09. The molecule has 1 N–H and O–H groups in total. The summed E-state index contributed by atoms with van der Waals surface area (Å²) in [4.78, 5) is 12.1. The van der Waals surface area contributed by atoms with Crippen LogP contribution in [0.1, 0.15) is 50.3 Å². The molecule has 7 heteroatoms. The summed E-state index contributed by atoms with van der Waals surface area (Å²) in [5.41, 5.74) is 0. The lowest BCUT2D eigenvalue weighted by Crippen LogP contribution is -2.30. The maximum absolute atomic E-state index is 12.8. The van der Waals surface area contributed by atoms with Crippen molar-refractivity contribution in [2.45, 2.75) is 51.6 Å². The molecule has 0 fully saturated rings. The summed E-state index contributed by atoms with van der Waals surface area (Å²) < 4.78 is 20.4. The number of hydrogen-bond donors (Lipinski definition) is 1. The summed E-state index contributed by atoms with van der Waals surface area (Å²) in [6.07, 6.45) is 4.62. The van der Waals surface area contributed by atoms with Crippen LogP contribution in [-0.2, 0) is 17.8 Å². The number of nitrogens with zero attached hydrogens (tertiary/aromatic N) is 3. The Morgan fingerprint density at radius 2 is 2.08 bits per heavy atom. The quantitative estimate of drug-likeness (QED) is 0.873. The van der Waals surface area contributed by atoms with Gasteiger partial charge in [-0.15, -0.1) is 10.2 Å². The van der Waals surface area contributed by atoms with Crippen molar-refractivity contribution in [2.24, 2.45) is 0 Å². The number of carbonyl (C=O) groups is 1. The Morgan fingerprint density at radius 3 is 2.88 bits per heavy atom. The number of rotatable bonds is 6. The Hall–Kier alpha value is -2.44. The van der Waals surface area contributed by atoms with E-state index in [9.17, 15) is 9.18 Å². The van der Waals surface area contributed by atoms with Crippen molar-refractivity contribution >= 4 is 5.91 Å². The number of benzene rings is 1. The predicted molar refractivity (Wildman–Crippen MR) is 90.6 cm³/mol. The van der Waals surface area contributed by atoms with Crippen LogP contribution in [0.15, 0.2) is 24.3 Å². The predicted octanol–water partition coefficient (Wildman–Crippen LogP) is 2.79. The van der Waals surface area contributed by atoms with E-state index >= 15 is 0 Å². The number of fused-ring (bicyclic) bond motifs is 1. The topological polar surface area (TPSA) is 69.0 Å². The van der Waals surface area contributed by atoms with Crippen LogP contribution in [0.4, 0.5) is 4.39 Å². The molecule has 6 nitrogen and oxygen atoms in total. The van der Waals surface area contributed by atoms with Crippen molar-refractivity contribution in [3.8, 4) is 5.75 Å². The van der Waals surface area contributed by atoms with Gasteiger partial charge in [0, 0.05) is 13.0 Å². The molecular weight excluding hydrogens is 323 g/mol. The van der Waals surface area contributed by atoms with Gasteiger partial charge in [-0.05, 0) is 44.0 Å². The van der Waals surface area contributed by atoms with Crippen LogP contribution in [0.3, 0.4) is 0 Å². The molecule has 1 aliphatic heterocycles. The number of ether oxygens (including phenoxy) is 1. The fourth-order valence-electron chi connectivity index (χ4n) is 3.00. The minimum atomic E-state index is -0.314. The third kappa shape index (κ3) is 4.55. The van der Waals surface area contributed by atoms with E-state index in [-0.39, 0.29) is 30.8 Å². The Labute approximate surface area is 146 Å². The summed E-state index contributed by atoms with van der Waals surface area (Å²) in [7, 11) is 0. The summed E-state index contributed by atoms with van der Waals surface area (Å²) >= 11 is 0. The Kier molecular flexibility index (Phi) is 5.63. The molecule has 0 unspecified atom stereocenters. The van der Waals surface area contributed by atoms with E-state index in [4.69, 9.17) is 4.74 Å². The molecule has 1 aromatic carbocycles. The highest BCUT2D eigenvalue weighted by Crippen LogP contribution is 2.18. The summed E-state index contributed by atoms with van der Waals surface area (Å²) in [6, 6.07) is 5.55. The second-order valence-electron chi connectivity index (χ2n) is 6.28. The van der Waals surface area contributed by atoms with Crippen LogP contribution in [0.2, 0.25) is 0 Å². The smallest absolute Gasteiger partial charge is 0.224 e. The van der Waals surface area contributed by atoms with E-state index in [2.05, 4.69) is 20.1 Å². The molecule has 3 rings (SSSR count). The van der Waals surface area contributed by atoms with Crippen LogP contribution in [0.25, 0.3) is 0 Å². The van der Waals surface area contributed by atoms with Crippen molar-refractivity contribution in [1.82, 2.24) is 20.1 Å². The maximum Gasteiger partial charge on any atom is 0.224 e. The lowest BCUT2D eigenvalue weighted by atomic mass is 10.2. The van der Waals surface area contributed by atoms with E-state index in [1.807, 2.05) is 6.92 Å². The molecule has 0 saturated carbocycles. The van der Waals surface area contributed by atoms with E-state index < -0.39 is 0 Å². The van der Waals surface area contributed by atoms with Gasteiger partial charge in [-0.2, -0.15) is 0 Å². The number of carbonyl (C=O) groups excluding carboxylic acids is 1. The molecule has 1 atom stereocenters. The van der Waals surface area contributed by atoms with E-state index in [0.29, 0.717) is 5.75 Å². The van der Waals surface area contributed by atoms with Crippen molar-refractivity contribution in [3.63, 3.8) is 0 Å². The van der Waals surface area contributed by atoms with E-state index in [0.717, 1.165) is 37.5 Å². The third-order valence-electron chi connectivity index (χ3n) is 4.31. The average molecular weight is 346 g/mol. The summed E-state index contributed by atoms with van der Waals surface area (Å²) in [5, 5.41) is 11.5. The molecule has 0 saturated heterocycles. The first-order valence-electron chi connectivity index (χ1n) is 8.73. The highest BCUT2D eigenvalue weighted by Gasteiger charge is 2.20. The zero-order valence-electron chi connectivity index (χ0n) is 14.4. The van der Waals surface area contributed by atoms with Crippen LogP contribution in [-0.4, -0.2) is 27.3 Å². The van der Waals surface area contributed by atoms with Crippen LogP contribution in [0, 0.1) is 5.82 Å². The van der Waals surface area contributed by atoms with Gasteiger partial charge in [0.25, 0.3) is 0 Å². The van der Waals surface area contributed by atoms with Gasteiger partial charge in [0.05, 0.1) is 19.1 Å². The van der Waals surface area contributed by atoms with Crippen molar-refractivity contribution in [1.29, 1.82) is 0 Å². The molecule has 2 aromatic rings. The molecule has 0 aliphatic carbocycles. The molecule has 134 valence electrons. The summed E-state index contributed by atoms with van der Waals surface area (Å²) in [5.74, 6) is 1.94.